The number of carbonyl (C=O) groups excluding carboxylic acids is 1. The van der Waals surface area contributed by atoms with Gasteiger partial charge in [-0.2, -0.15) is 0 Å². The van der Waals surface area contributed by atoms with Crippen molar-refractivity contribution in [2.24, 2.45) is 0 Å². The van der Waals surface area contributed by atoms with Crippen LogP contribution in [0.15, 0.2) is 66.9 Å². The molecule has 0 aliphatic heterocycles. The Morgan fingerprint density at radius 1 is 0.848 bits per heavy atom. The lowest BCUT2D eigenvalue weighted by atomic mass is 10.1. The Labute approximate surface area is 191 Å². The van der Waals surface area contributed by atoms with E-state index in [0.717, 1.165) is 10.9 Å². The van der Waals surface area contributed by atoms with E-state index in [0.29, 0.717) is 45.6 Å². The number of nitrogens with one attached hydrogen (secondary N) is 2. The number of nitrogen functional groups attached to an aromatic ring is 1. The van der Waals surface area contributed by atoms with E-state index in [4.69, 9.17) is 19.9 Å². The number of nitrogens with two attached hydrogens (primary N) is 1. The van der Waals surface area contributed by atoms with Crippen LogP contribution in [0.1, 0.15) is 5.56 Å². The van der Waals surface area contributed by atoms with E-state index >= 15 is 0 Å². The minimum absolute atomic E-state index is 0.387. The number of amides is 2. The summed E-state index contributed by atoms with van der Waals surface area (Å²) in [4.78, 5) is 16.8. The number of aryl methyl sites for hydroxylation is 1. The number of hydrogen-bond acceptors (Lipinski definition) is 6. The predicted molar refractivity (Wildman–Crippen MR) is 130 cm³/mol. The minimum Gasteiger partial charge on any atom is -0.493 e. The topological polar surface area (TPSA) is 108 Å². The molecule has 0 atom stereocenters. The van der Waals surface area contributed by atoms with Crippen LogP contribution in [0.5, 0.6) is 23.0 Å². The van der Waals surface area contributed by atoms with Gasteiger partial charge in [0, 0.05) is 40.8 Å². The summed E-state index contributed by atoms with van der Waals surface area (Å²) in [6, 6.07) is 17.4. The molecule has 4 N–H and O–H groups in total. The number of pyridine rings is 1. The number of hydrogen-bond donors (Lipinski definition) is 3. The van der Waals surface area contributed by atoms with Crippen LogP contribution in [0.3, 0.4) is 0 Å². The van der Waals surface area contributed by atoms with Gasteiger partial charge >= 0.3 is 6.03 Å². The average Bonchev–Trinajstić information content (AvgIpc) is 2.80. The van der Waals surface area contributed by atoms with Crippen LogP contribution in [0.25, 0.3) is 10.9 Å². The largest absolute Gasteiger partial charge is 0.493 e. The number of anilines is 3. The number of benzene rings is 3. The summed E-state index contributed by atoms with van der Waals surface area (Å²) in [5.74, 6) is 2.36. The second-order valence-electron chi connectivity index (χ2n) is 7.32. The highest BCUT2D eigenvalue weighted by Gasteiger charge is 2.13. The number of carbonyl (C=O) groups is 1. The van der Waals surface area contributed by atoms with Crippen molar-refractivity contribution in [3.8, 4) is 23.0 Å². The molecule has 0 aliphatic carbocycles. The first-order chi connectivity index (χ1) is 16.0. The zero-order chi connectivity index (χ0) is 23.4. The molecule has 2 amide bonds. The molecule has 168 valence electrons. The second-order valence-corrected chi connectivity index (χ2v) is 7.32. The number of ether oxygens (including phenoxy) is 3. The summed E-state index contributed by atoms with van der Waals surface area (Å²) in [7, 11) is 3.16. The van der Waals surface area contributed by atoms with E-state index in [9.17, 15) is 4.79 Å². The maximum absolute atomic E-state index is 12.4. The van der Waals surface area contributed by atoms with Crippen molar-refractivity contribution < 1.29 is 19.0 Å². The van der Waals surface area contributed by atoms with Crippen LogP contribution in [0.4, 0.5) is 21.9 Å². The highest BCUT2D eigenvalue weighted by Crippen LogP contribution is 2.37. The molecule has 3 aromatic carbocycles. The number of fused-ring (bicyclic) bond motifs is 1. The third kappa shape index (κ3) is 4.90. The Kier molecular flexibility index (Phi) is 6.17. The number of rotatable bonds is 6. The standard InChI is InChI=1S/C25H24N4O4/c1-15-7-8-18(29-25(30)28-17-6-4-5-16(26)11-17)12-22(15)33-21-9-10-27-20-14-24(32-3)23(31-2)13-19(20)21/h4-14H,26H2,1-3H3,(H2,28,29,30). The maximum atomic E-state index is 12.4. The van der Waals surface area contributed by atoms with Gasteiger partial charge in [0.15, 0.2) is 11.5 Å². The van der Waals surface area contributed by atoms with E-state index in [1.807, 2.05) is 19.1 Å². The Hall–Kier alpha value is -4.46. The van der Waals surface area contributed by atoms with Gasteiger partial charge in [0.25, 0.3) is 0 Å². The van der Waals surface area contributed by atoms with Crippen molar-refractivity contribution in [1.82, 2.24) is 4.98 Å². The molecule has 33 heavy (non-hydrogen) atoms. The van der Waals surface area contributed by atoms with E-state index in [1.165, 1.54) is 0 Å². The molecule has 0 aliphatic rings. The number of nitrogens with zero attached hydrogens (tertiary/aromatic N) is 1. The second kappa shape index (κ2) is 9.35. The molecule has 0 radical (unpaired) electrons. The zero-order valence-electron chi connectivity index (χ0n) is 18.5. The Morgan fingerprint density at radius 2 is 1.58 bits per heavy atom. The first kappa shape index (κ1) is 21.8. The molecule has 4 aromatic rings. The van der Waals surface area contributed by atoms with Crippen molar-refractivity contribution in [2.45, 2.75) is 6.92 Å². The molecule has 0 fully saturated rings. The van der Waals surface area contributed by atoms with Crippen molar-refractivity contribution in [3.05, 3.63) is 72.4 Å². The molecule has 0 unspecified atom stereocenters. The SMILES string of the molecule is COc1cc2nccc(Oc3cc(NC(=O)Nc4cccc(N)c4)ccc3C)c2cc1OC. The molecule has 0 saturated heterocycles. The summed E-state index contributed by atoms with van der Waals surface area (Å²) in [6.07, 6.45) is 1.67. The predicted octanol–water partition coefficient (Wildman–Crippen LogP) is 5.58. The average molecular weight is 444 g/mol. The molecule has 0 saturated carbocycles. The van der Waals surface area contributed by atoms with Gasteiger partial charge in [-0.1, -0.05) is 12.1 Å². The van der Waals surface area contributed by atoms with Crippen LogP contribution in [-0.4, -0.2) is 25.2 Å². The van der Waals surface area contributed by atoms with E-state index in [2.05, 4.69) is 15.6 Å². The third-order valence-corrected chi connectivity index (χ3v) is 5.02. The monoisotopic (exact) mass is 444 g/mol. The molecular formula is C25H24N4O4. The van der Waals surface area contributed by atoms with Gasteiger partial charge in [0.1, 0.15) is 11.5 Å². The summed E-state index contributed by atoms with van der Waals surface area (Å²) >= 11 is 0. The van der Waals surface area contributed by atoms with Crippen LogP contribution < -0.4 is 30.6 Å². The van der Waals surface area contributed by atoms with Crippen LogP contribution in [0, 0.1) is 6.92 Å². The molecule has 4 rings (SSSR count). The van der Waals surface area contributed by atoms with Crippen LogP contribution in [-0.2, 0) is 0 Å². The fourth-order valence-electron chi connectivity index (χ4n) is 3.35. The van der Waals surface area contributed by atoms with Gasteiger partial charge in [-0.15, -0.1) is 0 Å². The van der Waals surface area contributed by atoms with Crippen molar-refractivity contribution in [2.75, 3.05) is 30.6 Å². The minimum atomic E-state index is -0.387. The molecule has 1 aromatic heterocycles. The van der Waals surface area contributed by atoms with Gasteiger partial charge < -0.3 is 30.6 Å². The van der Waals surface area contributed by atoms with Gasteiger partial charge in [-0.05, 0) is 48.9 Å². The third-order valence-electron chi connectivity index (χ3n) is 5.02. The number of urea groups is 1. The van der Waals surface area contributed by atoms with Crippen molar-refractivity contribution in [1.29, 1.82) is 0 Å². The van der Waals surface area contributed by atoms with Crippen molar-refractivity contribution in [3.63, 3.8) is 0 Å². The highest BCUT2D eigenvalue weighted by molar-refractivity contribution is 6.00. The van der Waals surface area contributed by atoms with Gasteiger partial charge in [0.2, 0.25) is 0 Å². The van der Waals surface area contributed by atoms with Gasteiger partial charge in [-0.25, -0.2) is 4.79 Å². The Balaban J connectivity index is 1.58. The summed E-state index contributed by atoms with van der Waals surface area (Å²) in [5, 5.41) is 6.34. The summed E-state index contributed by atoms with van der Waals surface area (Å²) in [6.45, 7) is 1.93. The Bertz CT molecular complexity index is 1320. The molecule has 8 nitrogen and oxygen atoms in total. The van der Waals surface area contributed by atoms with Crippen LogP contribution >= 0.6 is 0 Å². The quantitative estimate of drug-likeness (QED) is 0.335. The van der Waals surface area contributed by atoms with Crippen LogP contribution in [0.2, 0.25) is 0 Å². The summed E-state index contributed by atoms with van der Waals surface area (Å²) < 4.78 is 17.0. The van der Waals surface area contributed by atoms with E-state index < -0.39 is 0 Å². The lowest BCUT2D eigenvalue weighted by molar-refractivity contribution is 0.262. The maximum Gasteiger partial charge on any atom is 0.323 e. The van der Waals surface area contributed by atoms with E-state index in [1.54, 1.807) is 68.9 Å². The molecule has 1 heterocycles. The first-order valence-corrected chi connectivity index (χ1v) is 10.2. The Morgan fingerprint density at radius 3 is 2.30 bits per heavy atom. The van der Waals surface area contributed by atoms with Gasteiger partial charge in [0.05, 0.1) is 19.7 Å². The highest BCUT2D eigenvalue weighted by atomic mass is 16.5. The number of methoxy groups -OCH3 is 2. The van der Waals surface area contributed by atoms with Crippen molar-refractivity contribution >= 4 is 34.0 Å². The lowest BCUT2D eigenvalue weighted by Gasteiger charge is -2.15. The molecular weight excluding hydrogens is 420 g/mol. The molecule has 0 bridgehead atoms. The zero-order valence-corrected chi connectivity index (χ0v) is 18.5. The fourth-order valence-corrected chi connectivity index (χ4v) is 3.35. The first-order valence-electron chi connectivity index (χ1n) is 10.2. The molecule has 0 spiro atoms. The molecule has 8 heteroatoms. The smallest absolute Gasteiger partial charge is 0.323 e. The lowest BCUT2D eigenvalue weighted by Crippen LogP contribution is -2.19. The summed E-state index contributed by atoms with van der Waals surface area (Å²) in [5.41, 5.74) is 9.12. The van der Waals surface area contributed by atoms with E-state index in [-0.39, 0.29) is 6.03 Å². The fraction of sp³-hybridized carbons (Fsp3) is 0.120. The normalized spacial score (nSPS) is 10.5. The number of aromatic nitrogens is 1. The van der Waals surface area contributed by atoms with Gasteiger partial charge in [-0.3, -0.25) is 4.98 Å².